The summed E-state index contributed by atoms with van der Waals surface area (Å²) in [7, 11) is 2.19. The SMILES string of the molecule is CCC(CSC)N(C)Cc1cc(C)c(CNC(C)C)o1. The van der Waals surface area contributed by atoms with Crippen molar-refractivity contribution in [2.75, 3.05) is 19.1 Å². The van der Waals surface area contributed by atoms with Gasteiger partial charge in [0.1, 0.15) is 11.5 Å². The summed E-state index contributed by atoms with van der Waals surface area (Å²) >= 11 is 1.91. The molecule has 3 nitrogen and oxygen atoms in total. The minimum atomic E-state index is 0.483. The zero-order chi connectivity index (χ0) is 15.1. The minimum absolute atomic E-state index is 0.483. The van der Waals surface area contributed by atoms with Gasteiger partial charge in [-0.15, -0.1) is 0 Å². The van der Waals surface area contributed by atoms with Crippen LogP contribution in [0.1, 0.15) is 44.3 Å². The maximum absolute atomic E-state index is 6.00. The molecule has 4 heteroatoms. The van der Waals surface area contributed by atoms with Crippen molar-refractivity contribution >= 4 is 11.8 Å². The molecule has 0 radical (unpaired) electrons. The van der Waals surface area contributed by atoms with Crippen molar-refractivity contribution in [2.45, 2.75) is 59.3 Å². The van der Waals surface area contributed by atoms with Gasteiger partial charge in [0, 0.05) is 17.8 Å². The maximum atomic E-state index is 6.00. The van der Waals surface area contributed by atoms with Gasteiger partial charge in [0.2, 0.25) is 0 Å². The van der Waals surface area contributed by atoms with Crippen molar-refractivity contribution in [3.8, 4) is 0 Å². The van der Waals surface area contributed by atoms with Gasteiger partial charge in [0.25, 0.3) is 0 Å². The molecule has 1 rings (SSSR count). The molecule has 0 fully saturated rings. The summed E-state index contributed by atoms with van der Waals surface area (Å²) < 4.78 is 6.00. The van der Waals surface area contributed by atoms with E-state index in [2.05, 4.69) is 57.3 Å². The first-order valence-electron chi connectivity index (χ1n) is 7.48. The normalized spacial score (nSPS) is 13.4. The Labute approximate surface area is 128 Å². The number of nitrogens with one attached hydrogen (secondary N) is 1. The topological polar surface area (TPSA) is 28.4 Å². The maximum Gasteiger partial charge on any atom is 0.120 e. The van der Waals surface area contributed by atoms with E-state index in [1.807, 2.05) is 11.8 Å². The Morgan fingerprint density at radius 2 is 2.10 bits per heavy atom. The van der Waals surface area contributed by atoms with Crippen LogP contribution in [0.25, 0.3) is 0 Å². The van der Waals surface area contributed by atoms with Crippen LogP contribution in [0.3, 0.4) is 0 Å². The first kappa shape index (κ1) is 17.6. The fourth-order valence-electron chi connectivity index (χ4n) is 2.26. The highest BCUT2D eigenvalue weighted by atomic mass is 32.2. The van der Waals surface area contributed by atoms with Crippen molar-refractivity contribution in [1.82, 2.24) is 10.2 Å². The average Bonchev–Trinajstić information content (AvgIpc) is 2.73. The van der Waals surface area contributed by atoms with E-state index in [0.717, 1.165) is 24.6 Å². The highest BCUT2D eigenvalue weighted by molar-refractivity contribution is 7.98. The fourth-order valence-corrected chi connectivity index (χ4v) is 3.14. The molecule has 0 bridgehead atoms. The first-order chi connectivity index (χ1) is 9.47. The summed E-state index contributed by atoms with van der Waals surface area (Å²) in [6.07, 6.45) is 3.35. The summed E-state index contributed by atoms with van der Waals surface area (Å²) in [6, 6.07) is 3.28. The number of nitrogens with zero attached hydrogens (tertiary/aromatic N) is 1. The van der Waals surface area contributed by atoms with Crippen molar-refractivity contribution in [3.63, 3.8) is 0 Å². The van der Waals surface area contributed by atoms with Crippen molar-refractivity contribution < 1.29 is 4.42 Å². The zero-order valence-electron chi connectivity index (χ0n) is 13.8. The van der Waals surface area contributed by atoms with E-state index in [0.29, 0.717) is 12.1 Å². The van der Waals surface area contributed by atoms with Crippen LogP contribution in [0.15, 0.2) is 10.5 Å². The number of aryl methyl sites for hydroxylation is 1. The van der Waals surface area contributed by atoms with Crippen LogP contribution in [-0.4, -0.2) is 36.0 Å². The average molecular weight is 298 g/mol. The lowest BCUT2D eigenvalue weighted by atomic mass is 10.2. The molecule has 1 aromatic heterocycles. The highest BCUT2D eigenvalue weighted by Crippen LogP contribution is 2.18. The van der Waals surface area contributed by atoms with Gasteiger partial charge >= 0.3 is 0 Å². The Morgan fingerprint density at radius 3 is 2.65 bits per heavy atom. The highest BCUT2D eigenvalue weighted by Gasteiger charge is 2.15. The second-order valence-corrected chi connectivity index (χ2v) is 6.70. The minimum Gasteiger partial charge on any atom is -0.463 e. The summed E-state index contributed by atoms with van der Waals surface area (Å²) in [5, 5.41) is 3.41. The predicted octanol–water partition coefficient (Wildman–Crippen LogP) is 3.66. The molecule has 1 unspecified atom stereocenters. The van der Waals surface area contributed by atoms with Gasteiger partial charge in [-0.1, -0.05) is 20.8 Å². The van der Waals surface area contributed by atoms with Crippen molar-refractivity contribution in [2.24, 2.45) is 0 Å². The zero-order valence-corrected chi connectivity index (χ0v) is 14.6. The largest absolute Gasteiger partial charge is 0.463 e. The molecule has 1 N–H and O–H groups in total. The van der Waals surface area contributed by atoms with E-state index in [9.17, 15) is 0 Å². The first-order valence-corrected chi connectivity index (χ1v) is 8.88. The van der Waals surface area contributed by atoms with Crippen LogP contribution in [0, 0.1) is 6.92 Å². The second-order valence-electron chi connectivity index (χ2n) is 5.79. The van der Waals surface area contributed by atoms with Gasteiger partial charge in [0.05, 0.1) is 13.1 Å². The number of furan rings is 1. The Bertz CT molecular complexity index is 390. The molecule has 1 heterocycles. The smallest absolute Gasteiger partial charge is 0.120 e. The monoisotopic (exact) mass is 298 g/mol. The molecule has 0 saturated carbocycles. The lowest BCUT2D eigenvalue weighted by Crippen LogP contribution is -2.32. The molecule has 0 aliphatic heterocycles. The van der Waals surface area contributed by atoms with E-state index < -0.39 is 0 Å². The molecule has 0 aromatic carbocycles. The second kappa shape index (κ2) is 8.75. The Kier molecular flexibility index (Phi) is 7.70. The van der Waals surface area contributed by atoms with Gasteiger partial charge in [0.15, 0.2) is 0 Å². The number of rotatable bonds is 9. The standard InChI is InChI=1S/C16H30N2OS/c1-7-14(11-20-6)18(5)10-15-8-13(4)16(19-15)9-17-12(2)3/h8,12,14,17H,7,9-11H2,1-6H3. The van der Waals surface area contributed by atoms with Crippen molar-refractivity contribution in [3.05, 3.63) is 23.2 Å². The summed E-state index contributed by atoms with van der Waals surface area (Å²) in [5.41, 5.74) is 1.25. The van der Waals surface area contributed by atoms with Gasteiger partial charge in [-0.2, -0.15) is 11.8 Å². The molecule has 1 atom stereocenters. The Balaban J connectivity index is 2.61. The van der Waals surface area contributed by atoms with Gasteiger partial charge in [-0.25, -0.2) is 0 Å². The number of hydrogen-bond acceptors (Lipinski definition) is 4. The quantitative estimate of drug-likeness (QED) is 0.753. The van der Waals surface area contributed by atoms with Crippen LogP contribution >= 0.6 is 11.8 Å². The number of thioether (sulfide) groups is 1. The van der Waals surface area contributed by atoms with Gasteiger partial charge in [-0.05, 0) is 38.3 Å². The molecule has 0 aliphatic rings. The summed E-state index contributed by atoms with van der Waals surface area (Å²) in [6.45, 7) is 10.4. The van der Waals surface area contributed by atoms with E-state index in [1.54, 1.807) is 0 Å². The Hall–Kier alpha value is -0.450. The van der Waals surface area contributed by atoms with Crippen LogP contribution in [0.4, 0.5) is 0 Å². The molecule has 116 valence electrons. The molecule has 0 spiro atoms. The van der Waals surface area contributed by atoms with Crippen LogP contribution in [-0.2, 0) is 13.1 Å². The van der Waals surface area contributed by atoms with E-state index in [1.165, 1.54) is 17.7 Å². The third-order valence-electron chi connectivity index (χ3n) is 3.60. The van der Waals surface area contributed by atoms with E-state index >= 15 is 0 Å². The third kappa shape index (κ3) is 5.51. The third-order valence-corrected chi connectivity index (χ3v) is 4.32. The Morgan fingerprint density at radius 1 is 1.40 bits per heavy atom. The molecule has 0 saturated heterocycles. The van der Waals surface area contributed by atoms with Gasteiger partial charge in [-0.3, -0.25) is 4.90 Å². The van der Waals surface area contributed by atoms with Crippen LogP contribution in [0.2, 0.25) is 0 Å². The molecule has 0 amide bonds. The molecule has 0 aliphatic carbocycles. The molecular weight excluding hydrogens is 268 g/mol. The molecule has 1 aromatic rings. The van der Waals surface area contributed by atoms with Gasteiger partial charge < -0.3 is 9.73 Å². The van der Waals surface area contributed by atoms with Crippen molar-refractivity contribution in [1.29, 1.82) is 0 Å². The lowest BCUT2D eigenvalue weighted by Gasteiger charge is -2.25. The summed E-state index contributed by atoms with van der Waals surface area (Å²) in [4.78, 5) is 2.40. The molecule has 20 heavy (non-hydrogen) atoms. The summed E-state index contributed by atoms with van der Waals surface area (Å²) in [5.74, 6) is 3.32. The fraction of sp³-hybridized carbons (Fsp3) is 0.750. The number of hydrogen-bond donors (Lipinski definition) is 1. The van der Waals surface area contributed by atoms with E-state index in [-0.39, 0.29) is 0 Å². The predicted molar refractivity (Wildman–Crippen MR) is 89.3 cm³/mol. The van der Waals surface area contributed by atoms with Crippen LogP contribution in [0.5, 0.6) is 0 Å². The van der Waals surface area contributed by atoms with E-state index in [4.69, 9.17) is 4.42 Å². The lowest BCUT2D eigenvalue weighted by molar-refractivity contribution is 0.226. The van der Waals surface area contributed by atoms with Crippen LogP contribution < -0.4 is 5.32 Å². The molecular formula is C16H30N2OS.